The SMILES string of the molecule is CC(C)(C)OC(=O)N1CC[C@H](c2ccc(NC3CCC(=O)NC3=O)cc2)[C@H](O)C1. The molecular formula is C21H29N3O5. The molecule has 8 heteroatoms. The first-order valence-electron chi connectivity index (χ1n) is 9.98. The molecule has 29 heavy (non-hydrogen) atoms. The number of likely N-dealkylation sites (tertiary alicyclic amines) is 1. The second-order valence-electron chi connectivity index (χ2n) is 8.66. The number of nitrogens with zero attached hydrogens (tertiary/aromatic N) is 1. The number of nitrogens with one attached hydrogen (secondary N) is 2. The summed E-state index contributed by atoms with van der Waals surface area (Å²) in [5.41, 5.74) is 1.20. The van der Waals surface area contributed by atoms with Crippen LogP contribution in [0.2, 0.25) is 0 Å². The quantitative estimate of drug-likeness (QED) is 0.666. The summed E-state index contributed by atoms with van der Waals surface area (Å²) in [6, 6.07) is 7.15. The number of hydrogen-bond acceptors (Lipinski definition) is 6. The van der Waals surface area contributed by atoms with Crippen LogP contribution in [0.1, 0.15) is 51.5 Å². The van der Waals surface area contributed by atoms with E-state index >= 15 is 0 Å². The Morgan fingerprint density at radius 1 is 1.21 bits per heavy atom. The van der Waals surface area contributed by atoms with E-state index in [-0.39, 0.29) is 24.3 Å². The van der Waals surface area contributed by atoms with E-state index in [9.17, 15) is 19.5 Å². The number of rotatable bonds is 3. The topological polar surface area (TPSA) is 108 Å². The standard InChI is InChI=1S/C21H29N3O5/c1-21(2,3)29-20(28)24-11-10-15(17(25)12-24)13-4-6-14(7-5-13)22-16-8-9-18(26)23-19(16)27/h4-7,15-17,22,25H,8-12H2,1-3H3,(H,23,26,27)/t15-,16?,17-/m1/s1. The molecule has 2 heterocycles. The van der Waals surface area contributed by atoms with E-state index in [0.29, 0.717) is 25.8 Å². The van der Waals surface area contributed by atoms with Gasteiger partial charge in [-0.1, -0.05) is 12.1 Å². The summed E-state index contributed by atoms with van der Waals surface area (Å²) in [7, 11) is 0. The normalized spacial score (nSPS) is 25.4. The molecular weight excluding hydrogens is 374 g/mol. The third-order valence-corrected chi connectivity index (χ3v) is 5.15. The van der Waals surface area contributed by atoms with Gasteiger partial charge in [0, 0.05) is 24.6 Å². The van der Waals surface area contributed by atoms with Crippen molar-refractivity contribution in [2.75, 3.05) is 18.4 Å². The molecule has 1 aromatic rings. The van der Waals surface area contributed by atoms with Crippen LogP contribution < -0.4 is 10.6 Å². The predicted molar refractivity (Wildman–Crippen MR) is 107 cm³/mol. The number of ether oxygens (including phenoxy) is 1. The summed E-state index contributed by atoms with van der Waals surface area (Å²) in [5, 5.41) is 16.0. The molecule has 0 saturated carbocycles. The van der Waals surface area contributed by atoms with Crippen LogP contribution in [0, 0.1) is 0 Å². The molecule has 1 aromatic carbocycles. The predicted octanol–water partition coefficient (Wildman–Crippen LogP) is 1.99. The number of aliphatic hydroxyl groups is 1. The van der Waals surface area contributed by atoms with Crippen LogP contribution in [0.3, 0.4) is 0 Å². The number of aliphatic hydroxyl groups excluding tert-OH is 1. The minimum absolute atomic E-state index is 0.0710. The summed E-state index contributed by atoms with van der Waals surface area (Å²) in [6.45, 7) is 6.21. The number of imide groups is 1. The Hall–Kier alpha value is -2.61. The lowest BCUT2D eigenvalue weighted by Gasteiger charge is -2.37. The first-order valence-corrected chi connectivity index (χ1v) is 9.98. The van der Waals surface area contributed by atoms with Crippen LogP contribution >= 0.6 is 0 Å². The number of amides is 3. The molecule has 3 N–H and O–H groups in total. The van der Waals surface area contributed by atoms with Gasteiger partial charge < -0.3 is 20.1 Å². The highest BCUT2D eigenvalue weighted by atomic mass is 16.6. The Bertz CT molecular complexity index is 772. The van der Waals surface area contributed by atoms with Gasteiger partial charge in [0.25, 0.3) is 0 Å². The molecule has 1 unspecified atom stereocenters. The zero-order chi connectivity index (χ0) is 21.2. The third-order valence-electron chi connectivity index (χ3n) is 5.15. The number of carbonyl (C=O) groups excluding carboxylic acids is 3. The molecule has 2 aliphatic heterocycles. The van der Waals surface area contributed by atoms with Crippen molar-refractivity contribution in [3.8, 4) is 0 Å². The maximum absolute atomic E-state index is 12.2. The van der Waals surface area contributed by atoms with Gasteiger partial charge in [0.1, 0.15) is 11.6 Å². The Balaban J connectivity index is 1.57. The molecule has 8 nitrogen and oxygen atoms in total. The first kappa shape index (κ1) is 21.1. The van der Waals surface area contributed by atoms with Crippen molar-refractivity contribution in [1.29, 1.82) is 0 Å². The van der Waals surface area contributed by atoms with Crippen molar-refractivity contribution < 1.29 is 24.2 Å². The third kappa shape index (κ3) is 5.47. The van der Waals surface area contributed by atoms with Crippen LogP contribution in [0.4, 0.5) is 10.5 Å². The highest BCUT2D eigenvalue weighted by molar-refractivity contribution is 6.01. The first-order chi connectivity index (χ1) is 13.6. The zero-order valence-corrected chi connectivity index (χ0v) is 17.1. The Labute approximate surface area is 170 Å². The molecule has 158 valence electrons. The second-order valence-corrected chi connectivity index (χ2v) is 8.66. The minimum Gasteiger partial charge on any atom is -0.444 e. The van der Waals surface area contributed by atoms with Gasteiger partial charge in [0.05, 0.1) is 12.6 Å². The van der Waals surface area contributed by atoms with Gasteiger partial charge in [-0.2, -0.15) is 0 Å². The Morgan fingerprint density at radius 3 is 2.48 bits per heavy atom. The van der Waals surface area contributed by atoms with E-state index in [4.69, 9.17) is 4.74 Å². The van der Waals surface area contributed by atoms with Gasteiger partial charge in [-0.05, 0) is 51.3 Å². The van der Waals surface area contributed by atoms with E-state index in [1.54, 1.807) is 4.90 Å². The largest absolute Gasteiger partial charge is 0.444 e. The average Bonchev–Trinajstić information content (AvgIpc) is 2.63. The molecule has 2 fully saturated rings. The molecule has 0 bridgehead atoms. The number of benzene rings is 1. The second kappa shape index (κ2) is 8.41. The van der Waals surface area contributed by atoms with Crippen LogP contribution in [0.15, 0.2) is 24.3 Å². The lowest BCUT2D eigenvalue weighted by atomic mass is 9.87. The maximum Gasteiger partial charge on any atom is 0.410 e. The number of anilines is 1. The van der Waals surface area contributed by atoms with E-state index in [2.05, 4.69) is 10.6 Å². The van der Waals surface area contributed by atoms with Crippen molar-refractivity contribution in [1.82, 2.24) is 10.2 Å². The fraction of sp³-hybridized carbons (Fsp3) is 0.571. The van der Waals surface area contributed by atoms with E-state index in [1.807, 2.05) is 45.0 Å². The van der Waals surface area contributed by atoms with Gasteiger partial charge in [0.15, 0.2) is 0 Å². The van der Waals surface area contributed by atoms with Crippen LogP contribution in [-0.2, 0) is 14.3 Å². The van der Waals surface area contributed by atoms with Gasteiger partial charge in [-0.25, -0.2) is 4.79 Å². The number of hydrogen-bond donors (Lipinski definition) is 3. The number of piperidine rings is 2. The van der Waals surface area contributed by atoms with E-state index in [1.165, 1.54) is 0 Å². The summed E-state index contributed by atoms with van der Waals surface area (Å²) >= 11 is 0. The van der Waals surface area contributed by atoms with Gasteiger partial charge in [-0.3, -0.25) is 14.9 Å². The van der Waals surface area contributed by atoms with Crippen LogP contribution in [0.5, 0.6) is 0 Å². The molecule has 3 amide bonds. The van der Waals surface area contributed by atoms with Gasteiger partial charge >= 0.3 is 6.09 Å². The van der Waals surface area contributed by atoms with Crippen molar-refractivity contribution in [2.45, 2.75) is 63.7 Å². The fourth-order valence-electron chi connectivity index (χ4n) is 3.67. The molecule has 0 radical (unpaired) electrons. The summed E-state index contributed by atoms with van der Waals surface area (Å²) < 4.78 is 5.38. The van der Waals surface area contributed by atoms with Crippen LogP contribution in [-0.4, -0.2) is 58.8 Å². The molecule has 0 aliphatic carbocycles. The monoisotopic (exact) mass is 403 g/mol. The summed E-state index contributed by atoms with van der Waals surface area (Å²) in [4.78, 5) is 36.9. The van der Waals surface area contributed by atoms with Crippen molar-refractivity contribution in [2.24, 2.45) is 0 Å². The van der Waals surface area contributed by atoms with Crippen molar-refractivity contribution >= 4 is 23.6 Å². The highest BCUT2D eigenvalue weighted by Crippen LogP contribution is 2.30. The highest BCUT2D eigenvalue weighted by Gasteiger charge is 2.33. The number of carbonyl (C=O) groups is 3. The molecule has 0 spiro atoms. The van der Waals surface area contributed by atoms with Gasteiger partial charge in [0.2, 0.25) is 11.8 Å². The average molecular weight is 403 g/mol. The molecule has 2 aliphatic rings. The molecule has 2 saturated heterocycles. The summed E-state index contributed by atoms with van der Waals surface area (Å²) in [6.07, 6.45) is 0.349. The number of β-amino-alcohol motifs (C(OH)–C–C–N with tert-alkyl or cyclic N) is 1. The molecule has 0 aromatic heterocycles. The molecule has 3 atom stereocenters. The van der Waals surface area contributed by atoms with E-state index < -0.39 is 23.8 Å². The smallest absolute Gasteiger partial charge is 0.410 e. The maximum atomic E-state index is 12.2. The molecule has 3 rings (SSSR count). The summed E-state index contributed by atoms with van der Waals surface area (Å²) in [5.74, 6) is -0.622. The van der Waals surface area contributed by atoms with Gasteiger partial charge in [-0.15, -0.1) is 0 Å². The van der Waals surface area contributed by atoms with Crippen molar-refractivity contribution in [3.63, 3.8) is 0 Å². The lowest BCUT2D eigenvalue weighted by molar-refractivity contribution is -0.133. The minimum atomic E-state index is -0.676. The Kier molecular flexibility index (Phi) is 6.12. The Morgan fingerprint density at radius 2 is 1.90 bits per heavy atom. The fourth-order valence-corrected chi connectivity index (χ4v) is 3.67. The van der Waals surface area contributed by atoms with Crippen LogP contribution in [0.25, 0.3) is 0 Å². The van der Waals surface area contributed by atoms with E-state index in [0.717, 1.165) is 11.3 Å². The zero-order valence-electron chi connectivity index (χ0n) is 17.1. The lowest BCUT2D eigenvalue weighted by Crippen LogP contribution is -2.47. The van der Waals surface area contributed by atoms with Crippen molar-refractivity contribution in [3.05, 3.63) is 29.8 Å².